The molecule has 0 amide bonds. The molecule has 1 saturated heterocycles. The van der Waals surface area contributed by atoms with Gasteiger partial charge in [0.15, 0.2) is 23.9 Å². The lowest BCUT2D eigenvalue weighted by atomic mass is 9.94. The summed E-state index contributed by atoms with van der Waals surface area (Å²) in [5, 5.41) is 0. The molecule has 1 aliphatic rings. The van der Waals surface area contributed by atoms with Gasteiger partial charge in [-0.3, -0.25) is 0 Å². The van der Waals surface area contributed by atoms with E-state index in [9.17, 15) is 22.0 Å². The molecule has 0 bridgehead atoms. The molecule has 25 heavy (non-hydrogen) atoms. The highest BCUT2D eigenvalue weighted by Gasteiger charge is 2.45. The fraction of sp³-hybridized carbons (Fsp3) is 0.529. The highest BCUT2D eigenvalue weighted by molar-refractivity contribution is 5.33. The Morgan fingerprint density at radius 1 is 1.32 bits per heavy atom. The maximum Gasteiger partial charge on any atom is 0.424 e. The van der Waals surface area contributed by atoms with Crippen LogP contribution in [0.25, 0.3) is 0 Å². The Labute approximate surface area is 142 Å². The van der Waals surface area contributed by atoms with Crippen molar-refractivity contribution in [2.24, 2.45) is 5.92 Å². The highest BCUT2D eigenvalue weighted by atomic mass is 19.3. The van der Waals surface area contributed by atoms with Crippen LogP contribution >= 0.6 is 0 Å². The molecule has 3 nitrogen and oxygen atoms in total. The molecule has 1 heterocycles. The third-order valence-electron chi connectivity index (χ3n) is 3.87. The maximum absolute atomic E-state index is 14.2. The van der Waals surface area contributed by atoms with Crippen LogP contribution in [0, 0.1) is 11.7 Å². The van der Waals surface area contributed by atoms with E-state index in [1.54, 1.807) is 0 Å². The predicted molar refractivity (Wildman–Crippen MR) is 80.3 cm³/mol. The summed E-state index contributed by atoms with van der Waals surface area (Å²) in [5.74, 6) is -1.81. The number of rotatable bonds is 7. The molecule has 0 aromatic heterocycles. The summed E-state index contributed by atoms with van der Waals surface area (Å²) in [6.45, 7) is 2.25. The summed E-state index contributed by atoms with van der Waals surface area (Å²) in [7, 11) is 0. The summed E-state index contributed by atoms with van der Waals surface area (Å²) in [4.78, 5) is 0. The third kappa shape index (κ3) is 5.59. The number of alkyl halides is 2. The van der Waals surface area contributed by atoms with Crippen LogP contribution < -0.4 is 9.47 Å². The molecule has 1 aromatic rings. The van der Waals surface area contributed by atoms with Crippen molar-refractivity contribution < 1.29 is 36.2 Å². The lowest BCUT2D eigenvalue weighted by Crippen LogP contribution is -2.44. The van der Waals surface area contributed by atoms with Gasteiger partial charge in [0, 0.05) is 6.07 Å². The van der Waals surface area contributed by atoms with Crippen molar-refractivity contribution >= 4 is 0 Å². The van der Waals surface area contributed by atoms with Crippen LogP contribution in [0.3, 0.4) is 0 Å². The van der Waals surface area contributed by atoms with Crippen LogP contribution in [-0.4, -0.2) is 18.8 Å². The van der Waals surface area contributed by atoms with Crippen LogP contribution in [0.15, 0.2) is 30.5 Å². The van der Waals surface area contributed by atoms with E-state index < -0.39 is 35.6 Å². The molecule has 2 rings (SSSR count). The Balaban J connectivity index is 1.98. The van der Waals surface area contributed by atoms with Crippen LogP contribution in [0.2, 0.25) is 0 Å². The molecular weight excluding hydrogens is 347 g/mol. The molecule has 1 aromatic carbocycles. The van der Waals surface area contributed by atoms with Gasteiger partial charge in [0.05, 0.1) is 6.61 Å². The molecule has 1 fully saturated rings. The minimum Gasteiger partial charge on any atom is -0.456 e. The van der Waals surface area contributed by atoms with Gasteiger partial charge < -0.3 is 14.2 Å². The zero-order valence-electron chi connectivity index (χ0n) is 13.6. The smallest absolute Gasteiger partial charge is 0.424 e. The summed E-state index contributed by atoms with van der Waals surface area (Å²) in [6, 6.07) is 2.59. The van der Waals surface area contributed by atoms with E-state index in [0.717, 1.165) is 25.0 Å². The second-order valence-corrected chi connectivity index (χ2v) is 5.84. The first kappa shape index (κ1) is 19.5. The van der Waals surface area contributed by atoms with Gasteiger partial charge in [0.25, 0.3) is 0 Å². The average Bonchev–Trinajstić information content (AvgIpc) is 2.54. The van der Waals surface area contributed by atoms with Crippen LogP contribution in [0.5, 0.6) is 11.5 Å². The summed E-state index contributed by atoms with van der Waals surface area (Å²) < 4.78 is 80.1. The Morgan fingerprint density at radius 2 is 2.08 bits per heavy atom. The first-order valence-corrected chi connectivity index (χ1v) is 7.97. The van der Waals surface area contributed by atoms with E-state index in [1.165, 1.54) is 0 Å². The second kappa shape index (κ2) is 8.51. The Kier molecular flexibility index (Phi) is 6.64. The fourth-order valence-electron chi connectivity index (χ4n) is 2.68. The number of hydrogen-bond donors (Lipinski definition) is 0. The molecule has 0 aliphatic carbocycles. The summed E-state index contributed by atoms with van der Waals surface area (Å²) in [5.41, 5.74) is 0. The van der Waals surface area contributed by atoms with E-state index in [2.05, 4.69) is 9.47 Å². The van der Waals surface area contributed by atoms with E-state index in [0.29, 0.717) is 12.5 Å². The summed E-state index contributed by atoms with van der Waals surface area (Å²) >= 11 is 0. The van der Waals surface area contributed by atoms with Crippen LogP contribution in [-0.2, 0) is 4.74 Å². The maximum atomic E-state index is 14.2. The van der Waals surface area contributed by atoms with Gasteiger partial charge in [-0.15, -0.1) is 0 Å². The highest BCUT2D eigenvalue weighted by Crippen LogP contribution is 2.35. The lowest BCUT2D eigenvalue weighted by molar-refractivity contribution is -0.265. The first-order chi connectivity index (χ1) is 11.8. The number of ether oxygens (including phenoxy) is 3. The molecule has 0 spiro atoms. The monoisotopic (exact) mass is 366 g/mol. The molecule has 140 valence electrons. The van der Waals surface area contributed by atoms with Gasteiger partial charge >= 0.3 is 12.2 Å². The zero-order chi connectivity index (χ0) is 18.4. The first-order valence-electron chi connectivity index (χ1n) is 7.97. The van der Waals surface area contributed by atoms with Crippen molar-refractivity contribution in [2.75, 3.05) is 6.61 Å². The SMILES string of the molecule is CCCC1CCC(C(F)(F)Oc2ccc(OC=C(F)F)c(F)c2)OC1. The van der Waals surface area contributed by atoms with Gasteiger partial charge in [0.1, 0.15) is 5.75 Å². The molecule has 8 heteroatoms. The largest absolute Gasteiger partial charge is 0.456 e. The zero-order valence-corrected chi connectivity index (χ0v) is 13.6. The van der Waals surface area contributed by atoms with Crippen molar-refractivity contribution in [3.63, 3.8) is 0 Å². The molecule has 0 saturated carbocycles. The lowest BCUT2D eigenvalue weighted by Gasteiger charge is -2.33. The normalized spacial score (nSPS) is 20.9. The standard InChI is InChI=1S/C17H19F5O3/c1-2-3-11-4-7-15(24-9-11)17(21,22)25-12-5-6-14(13(18)8-12)23-10-16(19)20/h5-6,8,10-11,15H,2-4,7,9H2,1H3. The van der Waals surface area contributed by atoms with Crippen molar-refractivity contribution in [3.8, 4) is 11.5 Å². The molecule has 2 unspecified atom stereocenters. The van der Waals surface area contributed by atoms with Gasteiger partial charge in [-0.1, -0.05) is 13.3 Å². The van der Waals surface area contributed by atoms with E-state index in [-0.39, 0.29) is 25.2 Å². The van der Waals surface area contributed by atoms with Gasteiger partial charge in [-0.05, 0) is 37.3 Å². The molecule has 0 N–H and O–H groups in total. The third-order valence-corrected chi connectivity index (χ3v) is 3.87. The molecular formula is C17H19F5O3. The molecule has 1 aliphatic heterocycles. The number of halogens is 5. The number of hydrogen-bond acceptors (Lipinski definition) is 3. The Hall–Kier alpha value is -1.83. The number of benzene rings is 1. The van der Waals surface area contributed by atoms with Crippen molar-refractivity contribution in [3.05, 3.63) is 36.4 Å². The van der Waals surface area contributed by atoms with E-state index >= 15 is 0 Å². The van der Waals surface area contributed by atoms with Gasteiger partial charge in [-0.2, -0.15) is 17.6 Å². The van der Waals surface area contributed by atoms with Crippen LogP contribution in [0.1, 0.15) is 32.6 Å². The quantitative estimate of drug-likeness (QED) is 0.470. The fourth-order valence-corrected chi connectivity index (χ4v) is 2.68. The van der Waals surface area contributed by atoms with Crippen LogP contribution in [0.4, 0.5) is 22.0 Å². The Morgan fingerprint density at radius 3 is 2.64 bits per heavy atom. The minimum atomic E-state index is -3.63. The molecule has 2 atom stereocenters. The summed E-state index contributed by atoms with van der Waals surface area (Å²) in [6.07, 6.45) is -4.51. The second-order valence-electron chi connectivity index (χ2n) is 5.84. The topological polar surface area (TPSA) is 27.7 Å². The van der Waals surface area contributed by atoms with Crippen molar-refractivity contribution in [1.29, 1.82) is 0 Å². The van der Waals surface area contributed by atoms with Crippen molar-refractivity contribution in [2.45, 2.75) is 44.8 Å². The van der Waals surface area contributed by atoms with Gasteiger partial charge in [0.2, 0.25) is 0 Å². The van der Waals surface area contributed by atoms with E-state index in [1.807, 2.05) is 6.92 Å². The average molecular weight is 366 g/mol. The Bertz CT molecular complexity index is 594. The van der Waals surface area contributed by atoms with E-state index in [4.69, 9.17) is 4.74 Å². The molecule has 0 radical (unpaired) electrons. The van der Waals surface area contributed by atoms with Gasteiger partial charge in [-0.25, -0.2) is 4.39 Å². The minimum absolute atomic E-state index is 0.0517. The predicted octanol–water partition coefficient (Wildman–Crippen LogP) is 5.51. The van der Waals surface area contributed by atoms with Crippen molar-refractivity contribution in [1.82, 2.24) is 0 Å².